The summed E-state index contributed by atoms with van der Waals surface area (Å²) in [4.78, 5) is 4.54. The number of rotatable bonds is 5. The van der Waals surface area contributed by atoms with E-state index in [1.54, 1.807) is 23.5 Å². The third-order valence-electron chi connectivity index (χ3n) is 2.52. The molecule has 0 amide bonds. The molecular formula is C14H17FN2S. The van der Waals surface area contributed by atoms with Crippen molar-refractivity contribution >= 4 is 11.3 Å². The summed E-state index contributed by atoms with van der Waals surface area (Å²) in [6.45, 7) is 6.15. The van der Waals surface area contributed by atoms with Gasteiger partial charge in [0.1, 0.15) is 10.8 Å². The molecule has 0 unspecified atom stereocenters. The lowest BCUT2D eigenvalue weighted by atomic mass is 10.2. The van der Waals surface area contributed by atoms with Crippen LogP contribution in [0.4, 0.5) is 4.39 Å². The molecule has 0 radical (unpaired) electrons. The zero-order valence-electron chi connectivity index (χ0n) is 10.6. The normalized spacial score (nSPS) is 11.1. The molecule has 0 spiro atoms. The molecule has 1 N–H and O–H groups in total. The summed E-state index contributed by atoms with van der Waals surface area (Å²) in [5, 5.41) is 6.44. The molecule has 18 heavy (non-hydrogen) atoms. The van der Waals surface area contributed by atoms with Crippen molar-refractivity contribution in [3.05, 3.63) is 40.5 Å². The summed E-state index contributed by atoms with van der Waals surface area (Å²) < 4.78 is 12.8. The molecule has 0 aliphatic carbocycles. The lowest BCUT2D eigenvalue weighted by molar-refractivity contribution is 0.551. The molecule has 1 aromatic heterocycles. The number of halogens is 1. The summed E-state index contributed by atoms with van der Waals surface area (Å²) in [6, 6.07) is 6.45. The van der Waals surface area contributed by atoms with Crippen LogP contribution >= 0.6 is 11.3 Å². The van der Waals surface area contributed by atoms with Crippen LogP contribution in [-0.4, -0.2) is 11.5 Å². The van der Waals surface area contributed by atoms with E-state index in [4.69, 9.17) is 0 Å². The van der Waals surface area contributed by atoms with E-state index in [2.05, 4.69) is 24.1 Å². The Kier molecular flexibility index (Phi) is 4.44. The average Bonchev–Trinajstić information content (AvgIpc) is 2.78. The Bertz CT molecular complexity index is 491. The number of hydrogen-bond acceptors (Lipinski definition) is 3. The fourth-order valence-electron chi connectivity index (χ4n) is 1.61. The number of benzene rings is 1. The van der Waals surface area contributed by atoms with E-state index in [0.29, 0.717) is 5.92 Å². The molecule has 0 aliphatic rings. The number of aromatic nitrogens is 1. The van der Waals surface area contributed by atoms with Crippen LogP contribution in [0.1, 0.15) is 18.9 Å². The van der Waals surface area contributed by atoms with E-state index in [-0.39, 0.29) is 5.82 Å². The number of nitrogens with zero attached hydrogens (tertiary/aromatic N) is 1. The minimum Gasteiger partial charge on any atom is -0.310 e. The molecule has 96 valence electrons. The second-order valence-corrected chi connectivity index (χ2v) is 5.60. The molecule has 0 atom stereocenters. The first-order valence-electron chi connectivity index (χ1n) is 6.06. The van der Waals surface area contributed by atoms with Gasteiger partial charge in [-0.3, -0.25) is 0 Å². The summed E-state index contributed by atoms with van der Waals surface area (Å²) in [6.07, 6.45) is 0. The fraction of sp³-hybridized carbons (Fsp3) is 0.357. The van der Waals surface area contributed by atoms with Crippen molar-refractivity contribution in [2.45, 2.75) is 20.4 Å². The van der Waals surface area contributed by atoms with E-state index in [9.17, 15) is 4.39 Å². The van der Waals surface area contributed by atoms with Gasteiger partial charge in [0.2, 0.25) is 0 Å². The van der Waals surface area contributed by atoms with E-state index in [0.717, 1.165) is 29.4 Å². The molecule has 0 saturated heterocycles. The van der Waals surface area contributed by atoms with Crippen molar-refractivity contribution in [2.24, 2.45) is 5.92 Å². The second-order valence-electron chi connectivity index (χ2n) is 4.66. The summed E-state index contributed by atoms with van der Waals surface area (Å²) in [5.74, 6) is 0.425. The highest BCUT2D eigenvalue weighted by molar-refractivity contribution is 7.09. The van der Waals surface area contributed by atoms with Gasteiger partial charge in [-0.15, -0.1) is 11.3 Å². The highest BCUT2D eigenvalue weighted by atomic mass is 32.1. The van der Waals surface area contributed by atoms with E-state index >= 15 is 0 Å². The highest BCUT2D eigenvalue weighted by Crippen LogP contribution is 2.22. The monoisotopic (exact) mass is 264 g/mol. The molecule has 0 aliphatic heterocycles. The second kappa shape index (κ2) is 6.07. The maximum absolute atomic E-state index is 12.8. The van der Waals surface area contributed by atoms with Crippen LogP contribution in [0.15, 0.2) is 29.6 Å². The Hall–Kier alpha value is -1.26. The van der Waals surface area contributed by atoms with Crippen molar-refractivity contribution < 1.29 is 4.39 Å². The lowest BCUT2D eigenvalue weighted by Crippen LogP contribution is -2.18. The third kappa shape index (κ3) is 3.62. The molecule has 0 bridgehead atoms. The maximum atomic E-state index is 12.8. The Morgan fingerprint density at radius 1 is 1.28 bits per heavy atom. The van der Waals surface area contributed by atoms with Gasteiger partial charge in [0.05, 0.1) is 5.69 Å². The zero-order chi connectivity index (χ0) is 13.0. The number of thiazole rings is 1. The molecule has 4 heteroatoms. The quantitative estimate of drug-likeness (QED) is 0.890. The van der Waals surface area contributed by atoms with Crippen molar-refractivity contribution in [1.82, 2.24) is 10.3 Å². The van der Waals surface area contributed by atoms with E-state index in [1.807, 2.05) is 5.38 Å². The first kappa shape index (κ1) is 13.2. The zero-order valence-corrected chi connectivity index (χ0v) is 11.4. The SMILES string of the molecule is CC(C)CNCc1nc(-c2ccc(F)cc2)cs1. The van der Waals surface area contributed by atoms with Gasteiger partial charge in [-0.05, 0) is 36.7 Å². The van der Waals surface area contributed by atoms with Crippen LogP contribution < -0.4 is 5.32 Å². The van der Waals surface area contributed by atoms with E-state index < -0.39 is 0 Å². The topological polar surface area (TPSA) is 24.9 Å². The van der Waals surface area contributed by atoms with Gasteiger partial charge in [-0.25, -0.2) is 9.37 Å². The first-order valence-corrected chi connectivity index (χ1v) is 6.94. The van der Waals surface area contributed by atoms with Crippen LogP contribution in [-0.2, 0) is 6.54 Å². The molecule has 2 aromatic rings. The molecule has 2 rings (SSSR count). The van der Waals surface area contributed by atoms with Gasteiger partial charge in [0, 0.05) is 17.5 Å². The highest BCUT2D eigenvalue weighted by Gasteiger charge is 2.04. The summed E-state index contributed by atoms with van der Waals surface area (Å²) in [7, 11) is 0. The van der Waals surface area contributed by atoms with E-state index in [1.165, 1.54) is 12.1 Å². The third-order valence-corrected chi connectivity index (χ3v) is 3.37. The molecule has 0 saturated carbocycles. The van der Waals surface area contributed by atoms with Gasteiger partial charge in [-0.1, -0.05) is 13.8 Å². The van der Waals surface area contributed by atoms with Crippen molar-refractivity contribution in [2.75, 3.05) is 6.54 Å². The number of nitrogens with one attached hydrogen (secondary N) is 1. The molecule has 0 fully saturated rings. The molecule has 1 heterocycles. The van der Waals surface area contributed by atoms with Crippen LogP contribution in [0.3, 0.4) is 0 Å². The predicted molar refractivity (Wildman–Crippen MR) is 74.1 cm³/mol. The minimum absolute atomic E-state index is 0.215. The smallest absolute Gasteiger partial charge is 0.123 e. The van der Waals surface area contributed by atoms with Crippen LogP contribution in [0.25, 0.3) is 11.3 Å². The van der Waals surface area contributed by atoms with Crippen LogP contribution in [0, 0.1) is 11.7 Å². The Morgan fingerprint density at radius 3 is 2.67 bits per heavy atom. The van der Waals surface area contributed by atoms with Gasteiger partial charge < -0.3 is 5.32 Å². The minimum atomic E-state index is -0.215. The van der Waals surface area contributed by atoms with Crippen molar-refractivity contribution in [1.29, 1.82) is 0 Å². The Balaban J connectivity index is 1.99. The Labute approximate surface area is 111 Å². The largest absolute Gasteiger partial charge is 0.310 e. The van der Waals surface area contributed by atoms with Crippen molar-refractivity contribution in [3.8, 4) is 11.3 Å². The average molecular weight is 264 g/mol. The molecular weight excluding hydrogens is 247 g/mol. The predicted octanol–water partition coefficient (Wildman–Crippen LogP) is 3.69. The molecule has 2 nitrogen and oxygen atoms in total. The number of hydrogen-bond donors (Lipinski definition) is 1. The summed E-state index contributed by atoms with van der Waals surface area (Å²) in [5.41, 5.74) is 1.88. The standard InChI is InChI=1S/C14H17FN2S/c1-10(2)7-16-8-14-17-13(9-18-14)11-3-5-12(15)6-4-11/h3-6,9-10,16H,7-8H2,1-2H3. The fourth-order valence-corrected chi connectivity index (χ4v) is 2.39. The molecule has 1 aromatic carbocycles. The van der Waals surface area contributed by atoms with Crippen LogP contribution in [0.2, 0.25) is 0 Å². The van der Waals surface area contributed by atoms with Crippen LogP contribution in [0.5, 0.6) is 0 Å². The van der Waals surface area contributed by atoms with Gasteiger partial charge in [0.15, 0.2) is 0 Å². The van der Waals surface area contributed by atoms with Gasteiger partial charge in [-0.2, -0.15) is 0 Å². The van der Waals surface area contributed by atoms with Gasteiger partial charge >= 0.3 is 0 Å². The van der Waals surface area contributed by atoms with Gasteiger partial charge in [0.25, 0.3) is 0 Å². The lowest BCUT2D eigenvalue weighted by Gasteiger charge is -2.04. The van der Waals surface area contributed by atoms with Crippen molar-refractivity contribution in [3.63, 3.8) is 0 Å². The summed E-state index contributed by atoms with van der Waals surface area (Å²) >= 11 is 1.63. The first-order chi connectivity index (χ1) is 8.65. The maximum Gasteiger partial charge on any atom is 0.123 e. The Morgan fingerprint density at radius 2 is 2.00 bits per heavy atom.